The van der Waals surface area contributed by atoms with Gasteiger partial charge in [0.25, 0.3) is 11.8 Å². The van der Waals surface area contributed by atoms with E-state index >= 15 is 0 Å². The molecule has 0 aromatic heterocycles. The van der Waals surface area contributed by atoms with Gasteiger partial charge in [0.1, 0.15) is 5.82 Å². The number of oxime groups is 2. The minimum Gasteiger partial charge on any atom is -0.386 e. The lowest BCUT2D eigenvalue weighted by atomic mass is 10.1. The van der Waals surface area contributed by atoms with Crippen LogP contribution in [0.2, 0.25) is 0 Å². The number of halogens is 7. The van der Waals surface area contributed by atoms with Gasteiger partial charge in [-0.15, -0.1) is 0 Å². The van der Waals surface area contributed by atoms with Crippen molar-refractivity contribution in [2.75, 3.05) is 44.7 Å². The largest absolute Gasteiger partial charge is 0.416 e. The Morgan fingerprint density at radius 3 is 1.47 bits per heavy atom. The summed E-state index contributed by atoms with van der Waals surface area (Å²) < 4.78 is 143. The molecule has 3 fully saturated rings. The first-order valence-electron chi connectivity index (χ1n) is 18.3. The van der Waals surface area contributed by atoms with E-state index in [1.54, 1.807) is 0 Å². The zero-order valence-corrected chi connectivity index (χ0v) is 33.1. The first-order chi connectivity index (χ1) is 28.2. The molecule has 326 valence electrons. The van der Waals surface area contributed by atoms with Gasteiger partial charge in [0.2, 0.25) is 20.0 Å². The molecule has 2 saturated heterocycles. The molecule has 6 rings (SSSR count). The Hall–Kier alpha value is -5.13. The maximum absolute atomic E-state index is 12.9. The third kappa shape index (κ3) is 13.2. The van der Waals surface area contributed by atoms with E-state index in [2.05, 4.69) is 20.9 Å². The second-order valence-electron chi connectivity index (χ2n) is 13.6. The van der Waals surface area contributed by atoms with Crippen LogP contribution in [-0.2, 0) is 51.7 Å². The quantitative estimate of drug-likeness (QED) is 0.170. The number of sulfonamides is 2. The van der Waals surface area contributed by atoms with Crippen LogP contribution in [0.5, 0.6) is 0 Å². The molecular weight excluding hydrogens is 854 g/mol. The predicted molar refractivity (Wildman–Crippen MR) is 202 cm³/mol. The van der Waals surface area contributed by atoms with Gasteiger partial charge >= 0.3 is 12.4 Å². The number of piperidine rings is 2. The number of alkyl halides is 6. The van der Waals surface area contributed by atoms with Gasteiger partial charge in [0, 0.05) is 63.6 Å². The lowest BCUT2D eigenvalue weighted by Gasteiger charge is -2.26. The maximum atomic E-state index is 12.9. The van der Waals surface area contributed by atoms with Crippen molar-refractivity contribution in [3.8, 4) is 0 Å². The molecule has 1 saturated carbocycles. The third-order valence-corrected chi connectivity index (χ3v) is 12.8. The minimum atomic E-state index is -4.65. The molecule has 14 nitrogen and oxygen atoms in total. The summed E-state index contributed by atoms with van der Waals surface area (Å²) in [6.07, 6.45) is -6.35. The van der Waals surface area contributed by atoms with Crippen molar-refractivity contribution < 1.29 is 66.8 Å². The molecule has 3 aromatic rings. The molecule has 3 aromatic carbocycles. The number of nitrogens with one attached hydrogen (secondary N) is 2. The second-order valence-corrected chi connectivity index (χ2v) is 17.5. The third-order valence-electron chi connectivity index (χ3n) is 9.05. The van der Waals surface area contributed by atoms with Gasteiger partial charge in [-0.2, -0.15) is 35.0 Å². The van der Waals surface area contributed by atoms with E-state index in [4.69, 9.17) is 9.68 Å². The Labute approximate surface area is 340 Å². The Balaban J connectivity index is 0.000000230. The summed E-state index contributed by atoms with van der Waals surface area (Å²) >= 11 is 0. The second kappa shape index (κ2) is 19.5. The lowest BCUT2D eigenvalue weighted by molar-refractivity contribution is -0.138. The lowest BCUT2D eigenvalue weighted by Crippen LogP contribution is -2.38. The number of amides is 2. The molecule has 0 bridgehead atoms. The van der Waals surface area contributed by atoms with Gasteiger partial charge in [0.05, 0.1) is 32.3 Å². The van der Waals surface area contributed by atoms with Crippen LogP contribution in [0, 0.1) is 5.82 Å². The number of benzene rings is 3. The van der Waals surface area contributed by atoms with Crippen LogP contribution in [0.15, 0.2) is 92.9 Å². The molecule has 1 aliphatic carbocycles. The van der Waals surface area contributed by atoms with Gasteiger partial charge in [-0.3, -0.25) is 9.59 Å². The van der Waals surface area contributed by atoms with Crippen molar-refractivity contribution in [3.63, 3.8) is 0 Å². The summed E-state index contributed by atoms with van der Waals surface area (Å²) in [7, 11) is -8.13. The fourth-order valence-electron chi connectivity index (χ4n) is 5.71. The van der Waals surface area contributed by atoms with E-state index in [0.29, 0.717) is 29.2 Å². The van der Waals surface area contributed by atoms with Crippen molar-refractivity contribution in [2.24, 2.45) is 10.3 Å². The molecule has 2 amide bonds. The topological polar surface area (TPSA) is 176 Å². The molecular formula is C37H39F7N6O8S2. The zero-order chi connectivity index (χ0) is 43.7. The molecule has 0 spiro atoms. The summed E-state index contributed by atoms with van der Waals surface area (Å²) in [5.41, 5.74) is -0.526. The smallest absolute Gasteiger partial charge is 0.386 e. The molecule has 2 aliphatic heterocycles. The van der Waals surface area contributed by atoms with E-state index in [9.17, 15) is 57.2 Å². The summed E-state index contributed by atoms with van der Waals surface area (Å²) in [5.74, 6) is -1.20. The number of anilines is 1. The van der Waals surface area contributed by atoms with Crippen molar-refractivity contribution in [2.45, 2.75) is 66.7 Å². The highest BCUT2D eigenvalue weighted by molar-refractivity contribution is 7.89. The first kappa shape index (κ1) is 45.9. The van der Waals surface area contributed by atoms with Gasteiger partial charge in [-0.05, 0) is 73.5 Å². The van der Waals surface area contributed by atoms with Gasteiger partial charge < -0.3 is 20.3 Å². The molecule has 0 unspecified atom stereocenters. The normalized spacial score (nSPS) is 16.9. The maximum Gasteiger partial charge on any atom is 0.416 e. The highest BCUT2D eigenvalue weighted by Gasteiger charge is 2.35. The summed E-state index contributed by atoms with van der Waals surface area (Å²) in [6.45, 7) is -0.408. The Bertz CT molecular complexity index is 2270. The van der Waals surface area contributed by atoms with E-state index in [0.717, 1.165) is 57.9 Å². The number of hydrogen-bond donors (Lipinski definition) is 2. The predicted octanol–water partition coefficient (Wildman–Crippen LogP) is 5.78. The van der Waals surface area contributed by atoms with Crippen molar-refractivity contribution in [1.29, 1.82) is 0 Å². The molecule has 3 aliphatic rings. The van der Waals surface area contributed by atoms with Crippen LogP contribution in [0.25, 0.3) is 0 Å². The van der Waals surface area contributed by atoms with E-state index in [-0.39, 0.29) is 70.4 Å². The zero-order valence-electron chi connectivity index (χ0n) is 31.5. The van der Waals surface area contributed by atoms with Crippen LogP contribution in [0.3, 0.4) is 0 Å². The average molecular weight is 893 g/mol. The molecule has 2 heterocycles. The van der Waals surface area contributed by atoms with Crippen molar-refractivity contribution >= 4 is 49.0 Å². The number of nitrogens with zero attached hydrogens (tertiary/aromatic N) is 4. The fourth-order valence-corrected chi connectivity index (χ4v) is 8.68. The number of carbonyl (C=O) groups is 2. The van der Waals surface area contributed by atoms with E-state index in [1.165, 1.54) is 24.3 Å². The van der Waals surface area contributed by atoms with Crippen LogP contribution >= 0.6 is 0 Å². The molecule has 0 radical (unpaired) electrons. The molecule has 2 N–H and O–H groups in total. The minimum absolute atomic E-state index is 0.0164. The summed E-state index contributed by atoms with van der Waals surface area (Å²) in [5, 5.41) is 13.0. The number of rotatable bonds is 12. The number of carbonyl (C=O) groups excluding carboxylic acids is 2. The average Bonchev–Trinajstić information content (AvgIpc) is 4.03. The van der Waals surface area contributed by atoms with Crippen molar-refractivity contribution in [3.05, 3.63) is 89.7 Å². The molecule has 0 atom stereocenters. The molecule has 60 heavy (non-hydrogen) atoms. The Morgan fingerprint density at radius 1 is 0.650 bits per heavy atom. The first-order valence-corrected chi connectivity index (χ1v) is 21.1. The van der Waals surface area contributed by atoms with Crippen LogP contribution < -0.4 is 10.6 Å². The van der Waals surface area contributed by atoms with Gasteiger partial charge in [-0.1, -0.05) is 22.4 Å². The van der Waals surface area contributed by atoms with E-state index < -0.39 is 71.6 Å². The SMILES string of the molecule is O=C(CON=C1CCN(S(=O)(=O)c2cccc(C(F)(F)F)c2)CC1)NC1CC1.O=C(CON=C1CCN(S(=O)(=O)c2cccc(C(F)(F)F)c2)CC1)Nc1ccc(F)cc1. The molecule has 23 heteroatoms. The standard InChI is InChI=1S/C20H19F4N3O4S.C17H20F3N3O4S/c21-15-4-6-16(7-5-15)25-19(28)13-31-26-17-8-10-27(11-9-17)32(29,30)18-3-1-2-14(12-18)20(22,23)24;18-17(19,20)12-2-1-3-15(10-12)28(25,26)23-8-6-14(7-9-23)22-27-11-16(24)21-13-4-5-13/h1-7,12H,8-11,13H2,(H,25,28);1-3,10,13H,4-9,11H2,(H,21,24). The van der Waals surface area contributed by atoms with Crippen LogP contribution in [0.4, 0.5) is 36.4 Å². The highest BCUT2D eigenvalue weighted by Crippen LogP contribution is 2.33. The Morgan fingerprint density at radius 2 is 1.07 bits per heavy atom. The monoisotopic (exact) mass is 892 g/mol. The summed E-state index contributed by atoms with van der Waals surface area (Å²) in [6, 6.07) is 12.7. The van der Waals surface area contributed by atoms with Gasteiger partial charge in [0.15, 0.2) is 13.2 Å². The fraction of sp³-hybridized carbons (Fsp3) is 0.405. The Kier molecular flexibility index (Phi) is 14.9. The van der Waals surface area contributed by atoms with Crippen molar-refractivity contribution in [1.82, 2.24) is 13.9 Å². The van der Waals surface area contributed by atoms with Crippen LogP contribution in [-0.4, -0.2) is 94.1 Å². The number of hydrogen-bond acceptors (Lipinski definition) is 10. The van der Waals surface area contributed by atoms with E-state index in [1.807, 2.05) is 0 Å². The summed E-state index contributed by atoms with van der Waals surface area (Å²) in [4.78, 5) is 32.5. The highest BCUT2D eigenvalue weighted by atomic mass is 32.2. The van der Waals surface area contributed by atoms with Crippen LogP contribution in [0.1, 0.15) is 49.7 Å². The van der Waals surface area contributed by atoms with Gasteiger partial charge in [-0.25, -0.2) is 21.2 Å².